The van der Waals surface area contributed by atoms with Gasteiger partial charge in [-0.05, 0) is 54.6 Å². The Morgan fingerprint density at radius 1 is 1.07 bits per heavy atom. The monoisotopic (exact) mass is 387 g/mol. The Labute approximate surface area is 159 Å². The minimum Gasteiger partial charge on any atom is -0.459 e. The summed E-state index contributed by atoms with van der Waals surface area (Å²) in [4.78, 5) is 23.6. The molecule has 0 spiro atoms. The zero-order valence-corrected chi connectivity index (χ0v) is 14.8. The van der Waals surface area contributed by atoms with Crippen LogP contribution in [0.5, 0.6) is 0 Å². The zero-order valence-electron chi connectivity index (χ0n) is 14.1. The highest BCUT2D eigenvalue weighted by Crippen LogP contribution is 2.23. The summed E-state index contributed by atoms with van der Waals surface area (Å²) in [7, 11) is 0. The number of furan rings is 1. The van der Waals surface area contributed by atoms with Crippen LogP contribution in [0.3, 0.4) is 0 Å². The first kappa shape index (κ1) is 18.7. The van der Waals surface area contributed by atoms with Crippen molar-refractivity contribution in [3.63, 3.8) is 0 Å². The van der Waals surface area contributed by atoms with Crippen LogP contribution in [0.15, 0.2) is 65.1 Å². The van der Waals surface area contributed by atoms with E-state index in [1.165, 1.54) is 18.2 Å². The van der Waals surface area contributed by atoms with E-state index in [-0.39, 0.29) is 12.1 Å². The molecule has 138 valence electrons. The van der Waals surface area contributed by atoms with Crippen molar-refractivity contribution in [2.75, 3.05) is 6.61 Å². The molecule has 7 heteroatoms. The minimum atomic E-state index is -0.771. The van der Waals surface area contributed by atoms with Gasteiger partial charge in [0.05, 0.1) is 12.1 Å². The van der Waals surface area contributed by atoms with E-state index in [0.29, 0.717) is 16.5 Å². The van der Waals surface area contributed by atoms with Gasteiger partial charge in [0, 0.05) is 10.6 Å². The molecule has 0 unspecified atom stereocenters. The van der Waals surface area contributed by atoms with Crippen LogP contribution in [0, 0.1) is 5.82 Å². The number of hydrogen-bond donors (Lipinski definition) is 1. The molecule has 3 aromatic rings. The van der Waals surface area contributed by atoms with Gasteiger partial charge in [-0.25, -0.2) is 9.18 Å². The molecule has 1 amide bonds. The topological polar surface area (TPSA) is 68.5 Å². The second-order valence-electron chi connectivity index (χ2n) is 5.64. The number of halogens is 2. The van der Waals surface area contributed by atoms with Crippen molar-refractivity contribution in [2.45, 2.75) is 6.54 Å². The normalized spacial score (nSPS) is 10.4. The number of carbonyl (C=O) groups excluding carboxylic acids is 2. The number of rotatable bonds is 6. The Morgan fingerprint density at radius 3 is 2.59 bits per heavy atom. The molecule has 0 aliphatic heterocycles. The van der Waals surface area contributed by atoms with E-state index in [2.05, 4.69) is 5.32 Å². The average Bonchev–Trinajstić information content (AvgIpc) is 3.14. The predicted octanol–water partition coefficient (Wildman–Crippen LogP) is 4.21. The Balaban J connectivity index is 1.48. The third kappa shape index (κ3) is 5.18. The average molecular weight is 388 g/mol. The molecule has 27 heavy (non-hydrogen) atoms. The van der Waals surface area contributed by atoms with Gasteiger partial charge in [-0.3, -0.25) is 4.79 Å². The van der Waals surface area contributed by atoms with Crippen molar-refractivity contribution in [1.82, 2.24) is 5.32 Å². The molecule has 3 rings (SSSR count). The van der Waals surface area contributed by atoms with Crippen LogP contribution in [-0.4, -0.2) is 18.5 Å². The fourth-order valence-electron chi connectivity index (χ4n) is 2.31. The lowest BCUT2D eigenvalue weighted by atomic mass is 10.2. The standard InChI is InChI=1S/C20H15ClFNO4/c21-15-6-4-13(5-7-15)18-9-8-17(27-18)11-23-19(24)12-26-20(25)14-2-1-3-16(22)10-14/h1-10H,11-12H2,(H,23,24). The summed E-state index contributed by atoms with van der Waals surface area (Å²) in [6.45, 7) is -0.329. The van der Waals surface area contributed by atoms with E-state index in [1.54, 1.807) is 24.3 Å². The van der Waals surface area contributed by atoms with Gasteiger partial charge in [-0.1, -0.05) is 17.7 Å². The molecule has 5 nitrogen and oxygen atoms in total. The number of carbonyl (C=O) groups is 2. The van der Waals surface area contributed by atoms with E-state index in [1.807, 2.05) is 12.1 Å². The summed E-state index contributed by atoms with van der Waals surface area (Å²) in [5.74, 6) is -0.627. The van der Waals surface area contributed by atoms with E-state index >= 15 is 0 Å². The molecule has 0 saturated carbocycles. The highest BCUT2D eigenvalue weighted by molar-refractivity contribution is 6.30. The van der Waals surface area contributed by atoms with Gasteiger partial charge in [0.25, 0.3) is 5.91 Å². The molecule has 0 bridgehead atoms. The third-order valence-corrected chi connectivity index (χ3v) is 3.90. The van der Waals surface area contributed by atoms with E-state index in [0.717, 1.165) is 11.6 Å². The van der Waals surface area contributed by atoms with Crippen molar-refractivity contribution >= 4 is 23.5 Å². The SMILES string of the molecule is O=C(COC(=O)c1cccc(F)c1)NCc1ccc(-c2ccc(Cl)cc2)o1. The van der Waals surface area contributed by atoms with Gasteiger partial charge in [-0.2, -0.15) is 0 Å². The van der Waals surface area contributed by atoms with Gasteiger partial charge in [0.1, 0.15) is 17.3 Å². The molecule has 1 heterocycles. The second kappa shape index (κ2) is 8.51. The van der Waals surface area contributed by atoms with Crippen LogP contribution < -0.4 is 5.32 Å². The maximum absolute atomic E-state index is 13.1. The van der Waals surface area contributed by atoms with Crippen LogP contribution in [0.2, 0.25) is 5.02 Å². The van der Waals surface area contributed by atoms with Crippen molar-refractivity contribution in [3.05, 3.63) is 82.8 Å². The van der Waals surface area contributed by atoms with Crippen molar-refractivity contribution in [2.24, 2.45) is 0 Å². The molecule has 1 N–H and O–H groups in total. The highest BCUT2D eigenvalue weighted by Gasteiger charge is 2.11. The zero-order chi connectivity index (χ0) is 19.2. The van der Waals surface area contributed by atoms with Crippen molar-refractivity contribution < 1.29 is 23.1 Å². The Bertz CT molecular complexity index is 953. The summed E-state index contributed by atoms with van der Waals surface area (Å²) in [6, 6.07) is 15.8. The number of ether oxygens (including phenoxy) is 1. The lowest BCUT2D eigenvalue weighted by Gasteiger charge is -2.06. The fourth-order valence-corrected chi connectivity index (χ4v) is 2.43. The molecule has 0 atom stereocenters. The Morgan fingerprint density at radius 2 is 1.85 bits per heavy atom. The molecular formula is C20H15ClFNO4. The van der Waals surface area contributed by atoms with Gasteiger partial charge in [-0.15, -0.1) is 0 Å². The highest BCUT2D eigenvalue weighted by atomic mass is 35.5. The first-order chi connectivity index (χ1) is 13.0. The molecule has 0 aliphatic rings. The Kier molecular flexibility index (Phi) is 5.88. The van der Waals surface area contributed by atoms with E-state index in [9.17, 15) is 14.0 Å². The summed E-state index contributed by atoms with van der Waals surface area (Å²) in [5.41, 5.74) is 0.905. The van der Waals surface area contributed by atoms with Gasteiger partial charge < -0.3 is 14.5 Å². The van der Waals surface area contributed by atoms with Crippen LogP contribution >= 0.6 is 11.6 Å². The molecule has 2 aromatic carbocycles. The molecular weight excluding hydrogens is 373 g/mol. The number of esters is 1. The third-order valence-electron chi connectivity index (χ3n) is 3.64. The number of benzene rings is 2. The molecule has 0 fully saturated rings. The number of nitrogens with one attached hydrogen (secondary N) is 1. The van der Waals surface area contributed by atoms with Crippen molar-refractivity contribution in [1.29, 1.82) is 0 Å². The lowest BCUT2D eigenvalue weighted by Crippen LogP contribution is -2.28. The summed E-state index contributed by atoms with van der Waals surface area (Å²) < 4.78 is 23.6. The largest absolute Gasteiger partial charge is 0.459 e. The van der Waals surface area contributed by atoms with Gasteiger partial charge >= 0.3 is 5.97 Å². The smallest absolute Gasteiger partial charge is 0.338 e. The number of amides is 1. The first-order valence-corrected chi connectivity index (χ1v) is 8.43. The summed E-state index contributed by atoms with van der Waals surface area (Å²) in [5, 5.41) is 3.22. The van der Waals surface area contributed by atoms with Crippen LogP contribution in [0.1, 0.15) is 16.1 Å². The van der Waals surface area contributed by atoms with Gasteiger partial charge in [0.2, 0.25) is 0 Å². The quantitative estimate of drug-likeness (QED) is 0.643. The molecule has 0 radical (unpaired) electrons. The Hall–Kier alpha value is -3.12. The van der Waals surface area contributed by atoms with Gasteiger partial charge in [0.15, 0.2) is 6.61 Å². The first-order valence-electron chi connectivity index (χ1n) is 8.05. The summed E-state index contributed by atoms with van der Waals surface area (Å²) >= 11 is 5.86. The maximum atomic E-state index is 13.1. The number of hydrogen-bond acceptors (Lipinski definition) is 4. The minimum absolute atomic E-state index is 0.0430. The van der Waals surface area contributed by atoms with Crippen LogP contribution in [0.25, 0.3) is 11.3 Å². The molecule has 1 aromatic heterocycles. The lowest BCUT2D eigenvalue weighted by molar-refractivity contribution is -0.124. The van der Waals surface area contributed by atoms with Crippen LogP contribution in [-0.2, 0) is 16.1 Å². The maximum Gasteiger partial charge on any atom is 0.338 e. The second-order valence-corrected chi connectivity index (χ2v) is 6.07. The fraction of sp³-hybridized carbons (Fsp3) is 0.100. The van der Waals surface area contributed by atoms with Crippen molar-refractivity contribution in [3.8, 4) is 11.3 Å². The van der Waals surface area contributed by atoms with E-state index in [4.69, 9.17) is 20.8 Å². The molecule has 0 saturated heterocycles. The molecule has 0 aliphatic carbocycles. The summed E-state index contributed by atoms with van der Waals surface area (Å²) in [6.07, 6.45) is 0. The van der Waals surface area contributed by atoms with E-state index < -0.39 is 24.3 Å². The van der Waals surface area contributed by atoms with Crippen LogP contribution in [0.4, 0.5) is 4.39 Å². The predicted molar refractivity (Wildman–Crippen MR) is 97.7 cm³/mol.